The van der Waals surface area contributed by atoms with Gasteiger partial charge in [-0.2, -0.15) is 0 Å². The Labute approximate surface area is 115 Å². The monoisotopic (exact) mass is 275 g/mol. The smallest absolute Gasteiger partial charge is 0.258 e. The number of nitrogens with one attached hydrogen (secondary N) is 2. The number of nitrogen functional groups attached to an aromatic ring is 1. The summed E-state index contributed by atoms with van der Waals surface area (Å²) >= 11 is 0. The molecule has 7 heteroatoms. The molecule has 1 atom stereocenters. The van der Waals surface area contributed by atoms with Gasteiger partial charge in [0.25, 0.3) is 5.56 Å². The van der Waals surface area contributed by atoms with Crippen molar-refractivity contribution < 1.29 is 4.79 Å². The van der Waals surface area contributed by atoms with Gasteiger partial charge in [0.15, 0.2) is 0 Å². The predicted octanol–water partition coefficient (Wildman–Crippen LogP) is 0.427. The van der Waals surface area contributed by atoms with Crippen LogP contribution in [0.2, 0.25) is 0 Å². The molecule has 2 rings (SSSR count). The molecule has 0 aliphatic heterocycles. The quantitative estimate of drug-likeness (QED) is 0.602. The second-order valence-corrected chi connectivity index (χ2v) is 4.96. The van der Waals surface area contributed by atoms with Crippen LogP contribution < -0.4 is 22.3 Å². The first-order valence-electron chi connectivity index (χ1n) is 6.23. The number of primary amides is 1. The van der Waals surface area contributed by atoms with E-state index in [2.05, 4.69) is 15.3 Å². The number of nitrogens with two attached hydrogens (primary N) is 2. The van der Waals surface area contributed by atoms with E-state index in [9.17, 15) is 9.59 Å². The number of rotatable bonds is 4. The van der Waals surface area contributed by atoms with Gasteiger partial charge in [-0.3, -0.25) is 9.59 Å². The Hall–Kier alpha value is -2.57. The topological polar surface area (TPSA) is 127 Å². The molecule has 2 aromatic rings. The van der Waals surface area contributed by atoms with Crippen molar-refractivity contribution in [1.82, 2.24) is 9.97 Å². The van der Waals surface area contributed by atoms with E-state index in [1.807, 2.05) is 13.8 Å². The maximum Gasteiger partial charge on any atom is 0.258 e. The summed E-state index contributed by atoms with van der Waals surface area (Å²) in [5.41, 5.74) is 12.4. The van der Waals surface area contributed by atoms with Crippen LogP contribution in [-0.2, 0) is 4.79 Å². The molecule has 0 aliphatic carbocycles. The fraction of sp³-hybridized carbons (Fsp3) is 0.308. The van der Waals surface area contributed by atoms with E-state index in [1.54, 1.807) is 6.07 Å². The summed E-state index contributed by atoms with van der Waals surface area (Å²) in [6, 6.07) is 2.62. The van der Waals surface area contributed by atoms with Crippen LogP contribution in [-0.4, -0.2) is 21.9 Å². The predicted molar refractivity (Wildman–Crippen MR) is 78.2 cm³/mol. The number of anilines is 2. The summed E-state index contributed by atoms with van der Waals surface area (Å²) in [5, 5.41) is 3.40. The van der Waals surface area contributed by atoms with Crippen molar-refractivity contribution in [2.45, 2.75) is 19.9 Å². The zero-order valence-corrected chi connectivity index (χ0v) is 11.3. The maximum atomic E-state index is 11.6. The van der Waals surface area contributed by atoms with E-state index in [1.165, 1.54) is 12.4 Å². The Morgan fingerprint density at radius 2 is 2.10 bits per heavy atom. The fourth-order valence-corrected chi connectivity index (χ4v) is 1.99. The highest BCUT2D eigenvalue weighted by Gasteiger charge is 2.20. The average molecular weight is 275 g/mol. The van der Waals surface area contributed by atoms with Crippen LogP contribution in [0.3, 0.4) is 0 Å². The first-order chi connectivity index (χ1) is 9.40. The number of hydrogen-bond acceptors (Lipinski definition) is 5. The van der Waals surface area contributed by atoms with Gasteiger partial charge in [0.05, 0.1) is 28.6 Å². The van der Waals surface area contributed by atoms with Gasteiger partial charge in [-0.25, -0.2) is 4.98 Å². The molecular weight excluding hydrogens is 258 g/mol. The number of carbonyl (C=O) groups excluding carboxylic acids is 1. The maximum absolute atomic E-state index is 11.6. The number of H-pyrrole nitrogens is 1. The number of benzene rings is 1. The lowest BCUT2D eigenvalue weighted by Crippen LogP contribution is -2.39. The molecule has 0 fully saturated rings. The number of amides is 1. The molecule has 1 aromatic heterocycles. The minimum atomic E-state index is -0.545. The van der Waals surface area contributed by atoms with Gasteiger partial charge in [-0.15, -0.1) is 0 Å². The molecular formula is C13H17N5O2. The van der Waals surface area contributed by atoms with E-state index < -0.39 is 11.9 Å². The highest BCUT2D eigenvalue weighted by atomic mass is 16.1. The fourth-order valence-electron chi connectivity index (χ4n) is 1.99. The number of aromatic nitrogens is 2. The van der Waals surface area contributed by atoms with Gasteiger partial charge in [0.2, 0.25) is 5.91 Å². The molecule has 0 bridgehead atoms. The molecule has 1 heterocycles. The van der Waals surface area contributed by atoms with Crippen LogP contribution in [0.4, 0.5) is 11.4 Å². The van der Waals surface area contributed by atoms with Crippen LogP contribution in [0.15, 0.2) is 23.3 Å². The summed E-state index contributed by atoms with van der Waals surface area (Å²) in [4.78, 5) is 29.6. The summed E-state index contributed by atoms with van der Waals surface area (Å²) in [5.74, 6) is -0.451. The number of aromatic amines is 1. The molecule has 0 saturated carbocycles. The molecule has 1 aromatic carbocycles. The Morgan fingerprint density at radius 3 is 2.70 bits per heavy atom. The molecule has 0 radical (unpaired) electrons. The molecule has 106 valence electrons. The van der Waals surface area contributed by atoms with E-state index in [4.69, 9.17) is 11.5 Å². The van der Waals surface area contributed by atoms with Crippen molar-refractivity contribution in [2.75, 3.05) is 11.1 Å². The van der Waals surface area contributed by atoms with Crippen molar-refractivity contribution in [2.24, 2.45) is 11.7 Å². The largest absolute Gasteiger partial charge is 0.397 e. The second kappa shape index (κ2) is 5.20. The number of fused-ring (bicyclic) bond motifs is 1. The lowest BCUT2D eigenvalue weighted by molar-refractivity contribution is -0.119. The van der Waals surface area contributed by atoms with Gasteiger partial charge < -0.3 is 21.8 Å². The van der Waals surface area contributed by atoms with Gasteiger partial charge >= 0.3 is 0 Å². The van der Waals surface area contributed by atoms with Crippen LogP contribution in [0.5, 0.6) is 0 Å². The normalized spacial score (nSPS) is 12.6. The SMILES string of the molecule is CC(C)C(Nc1cc2nc[nH]c(=O)c2cc1N)C(N)=O. The summed E-state index contributed by atoms with van der Waals surface area (Å²) in [6.45, 7) is 3.76. The molecule has 0 aliphatic rings. The highest BCUT2D eigenvalue weighted by molar-refractivity contribution is 5.90. The van der Waals surface area contributed by atoms with E-state index in [-0.39, 0.29) is 11.5 Å². The van der Waals surface area contributed by atoms with Crippen molar-refractivity contribution in [3.63, 3.8) is 0 Å². The van der Waals surface area contributed by atoms with Gasteiger partial charge in [-0.05, 0) is 18.1 Å². The van der Waals surface area contributed by atoms with Crippen LogP contribution in [0.1, 0.15) is 13.8 Å². The van der Waals surface area contributed by atoms with Crippen LogP contribution in [0, 0.1) is 5.92 Å². The van der Waals surface area contributed by atoms with Crippen LogP contribution in [0.25, 0.3) is 10.9 Å². The minimum absolute atomic E-state index is 0.00901. The standard InChI is InChI=1S/C13H17N5O2/c1-6(2)11(12(15)19)18-10-4-9-7(3-8(10)14)13(20)17-5-16-9/h3-6,11,18H,14H2,1-2H3,(H2,15,19)(H,16,17,20). The molecule has 0 spiro atoms. The number of carbonyl (C=O) groups is 1. The summed E-state index contributed by atoms with van der Waals surface area (Å²) in [6.07, 6.45) is 1.32. The molecule has 1 unspecified atom stereocenters. The first kappa shape index (κ1) is 13.9. The highest BCUT2D eigenvalue weighted by Crippen LogP contribution is 2.24. The van der Waals surface area contributed by atoms with Gasteiger partial charge in [0, 0.05) is 0 Å². The first-order valence-corrected chi connectivity index (χ1v) is 6.23. The van der Waals surface area contributed by atoms with Crippen molar-refractivity contribution in [1.29, 1.82) is 0 Å². The summed E-state index contributed by atoms with van der Waals surface area (Å²) in [7, 11) is 0. The zero-order valence-electron chi connectivity index (χ0n) is 11.3. The van der Waals surface area contributed by atoms with Gasteiger partial charge in [-0.1, -0.05) is 13.8 Å². The van der Waals surface area contributed by atoms with Crippen molar-refractivity contribution >= 4 is 28.2 Å². The Morgan fingerprint density at radius 1 is 1.40 bits per heavy atom. The molecule has 0 saturated heterocycles. The van der Waals surface area contributed by atoms with E-state index in [0.717, 1.165) is 0 Å². The third kappa shape index (κ3) is 2.56. The lowest BCUT2D eigenvalue weighted by atomic mass is 10.0. The average Bonchev–Trinajstić information content (AvgIpc) is 2.36. The zero-order chi connectivity index (χ0) is 14.9. The second-order valence-electron chi connectivity index (χ2n) is 4.96. The number of hydrogen-bond donors (Lipinski definition) is 4. The Balaban J connectivity index is 2.47. The van der Waals surface area contributed by atoms with Crippen molar-refractivity contribution in [3.8, 4) is 0 Å². The molecule has 7 nitrogen and oxygen atoms in total. The number of nitrogens with zero attached hydrogens (tertiary/aromatic N) is 1. The lowest BCUT2D eigenvalue weighted by Gasteiger charge is -2.21. The molecule has 20 heavy (non-hydrogen) atoms. The van der Waals surface area contributed by atoms with E-state index >= 15 is 0 Å². The summed E-state index contributed by atoms with van der Waals surface area (Å²) < 4.78 is 0. The van der Waals surface area contributed by atoms with Gasteiger partial charge in [0.1, 0.15) is 6.04 Å². The third-order valence-electron chi connectivity index (χ3n) is 3.10. The third-order valence-corrected chi connectivity index (χ3v) is 3.10. The van der Waals surface area contributed by atoms with Crippen molar-refractivity contribution in [3.05, 3.63) is 28.8 Å². The van der Waals surface area contributed by atoms with Crippen LogP contribution >= 0.6 is 0 Å². The molecule has 1 amide bonds. The molecule has 6 N–H and O–H groups in total. The Kier molecular flexibility index (Phi) is 3.60. The Bertz CT molecular complexity index is 707. The van der Waals surface area contributed by atoms with E-state index in [0.29, 0.717) is 22.3 Å². The minimum Gasteiger partial charge on any atom is -0.397 e.